The van der Waals surface area contributed by atoms with E-state index in [4.69, 9.17) is 4.74 Å². The SMILES string of the molecule is CCN(c1ccc2c(c1)N(Cc1cnc[nH]1)CCO2)c1ccc(C)nn1. The molecule has 0 saturated carbocycles. The topological polar surface area (TPSA) is 70.2 Å². The summed E-state index contributed by atoms with van der Waals surface area (Å²) in [6, 6.07) is 10.3. The van der Waals surface area contributed by atoms with Gasteiger partial charge in [-0.2, -0.15) is 5.10 Å². The first-order valence-electron chi connectivity index (χ1n) is 8.81. The summed E-state index contributed by atoms with van der Waals surface area (Å²) in [5.41, 5.74) is 4.15. The number of aromatic nitrogens is 4. The predicted molar refractivity (Wildman–Crippen MR) is 101 cm³/mol. The quantitative estimate of drug-likeness (QED) is 0.763. The molecular formula is C19H22N6O. The van der Waals surface area contributed by atoms with E-state index in [2.05, 4.69) is 49.0 Å². The molecule has 0 aliphatic carbocycles. The Morgan fingerprint density at radius 2 is 2.15 bits per heavy atom. The molecule has 7 nitrogen and oxygen atoms in total. The Morgan fingerprint density at radius 1 is 1.23 bits per heavy atom. The number of benzene rings is 1. The molecular weight excluding hydrogens is 328 g/mol. The first-order chi connectivity index (χ1) is 12.7. The highest BCUT2D eigenvalue weighted by Crippen LogP contribution is 2.37. The number of nitrogens with one attached hydrogen (secondary N) is 1. The summed E-state index contributed by atoms with van der Waals surface area (Å²) >= 11 is 0. The number of hydrogen-bond donors (Lipinski definition) is 1. The molecule has 0 radical (unpaired) electrons. The van der Waals surface area contributed by atoms with Crippen molar-refractivity contribution in [2.75, 3.05) is 29.5 Å². The molecule has 134 valence electrons. The molecule has 1 aliphatic rings. The van der Waals surface area contributed by atoms with E-state index >= 15 is 0 Å². The molecule has 26 heavy (non-hydrogen) atoms. The molecule has 3 heterocycles. The van der Waals surface area contributed by atoms with E-state index in [1.807, 2.05) is 31.3 Å². The van der Waals surface area contributed by atoms with Gasteiger partial charge < -0.3 is 19.5 Å². The van der Waals surface area contributed by atoms with Gasteiger partial charge in [-0.15, -0.1) is 5.10 Å². The molecule has 7 heteroatoms. The predicted octanol–water partition coefficient (Wildman–Crippen LogP) is 3.07. The van der Waals surface area contributed by atoms with Gasteiger partial charge in [-0.05, 0) is 44.2 Å². The third-order valence-corrected chi connectivity index (χ3v) is 4.51. The number of fused-ring (bicyclic) bond motifs is 1. The van der Waals surface area contributed by atoms with Gasteiger partial charge in [0.15, 0.2) is 5.82 Å². The van der Waals surface area contributed by atoms with E-state index in [1.165, 1.54) is 0 Å². The van der Waals surface area contributed by atoms with Gasteiger partial charge in [0.05, 0.1) is 36.5 Å². The van der Waals surface area contributed by atoms with Crippen LogP contribution >= 0.6 is 0 Å². The summed E-state index contributed by atoms with van der Waals surface area (Å²) in [7, 11) is 0. The Morgan fingerprint density at radius 3 is 2.88 bits per heavy atom. The Kier molecular flexibility index (Phi) is 4.43. The fourth-order valence-corrected chi connectivity index (χ4v) is 3.18. The average molecular weight is 350 g/mol. The smallest absolute Gasteiger partial charge is 0.155 e. The number of aromatic amines is 1. The van der Waals surface area contributed by atoms with Crippen molar-refractivity contribution in [1.82, 2.24) is 20.2 Å². The van der Waals surface area contributed by atoms with Crippen molar-refractivity contribution in [3.8, 4) is 5.75 Å². The highest BCUT2D eigenvalue weighted by Gasteiger charge is 2.21. The van der Waals surface area contributed by atoms with Gasteiger partial charge in [0.25, 0.3) is 0 Å². The van der Waals surface area contributed by atoms with Crippen LogP contribution in [0.3, 0.4) is 0 Å². The van der Waals surface area contributed by atoms with E-state index in [1.54, 1.807) is 6.33 Å². The summed E-state index contributed by atoms with van der Waals surface area (Å²) in [6.45, 7) is 7.15. The second-order valence-electron chi connectivity index (χ2n) is 6.28. The number of hydrogen-bond acceptors (Lipinski definition) is 6. The van der Waals surface area contributed by atoms with Crippen LogP contribution < -0.4 is 14.5 Å². The Bertz CT molecular complexity index is 862. The lowest BCUT2D eigenvalue weighted by atomic mass is 10.2. The molecule has 0 amide bonds. The molecule has 0 unspecified atom stereocenters. The van der Waals surface area contributed by atoms with Crippen molar-refractivity contribution in [3.63, 3.8) is 0 Å². The molecule has 1 aliphatic heterocycles. The normalized spacial score (nSPS) is 13.2. The molecule has 0 saturated heterocycles. The minimum Gasteiger partial charge on any atom is -0.490 e. The Balaban J connectivity index is 1.66. The Hall–Kier alpha value is -3.09. The maximum Gasteiger partial charge on any atom is 0.155 e. The van der Waals surface area contributed by atoms with Crippen molar-refractivity contribution >= 4 is 17.2 Å². The number of ether oxygens (including phenoxy) is 1. The zero-order valence-electron chi connectivity index (χ0n) is 15.0. The minimum absolute atomic E-state index is 0.682. The van der Waals surface area contributed by atoms with Crippen LogP contribution in [-0.4, -0.2) is 39.9 Å². The van der Waals surface area contributed by atoms with Crippen LogP contribution in [0, 0.1) is 6.92 Å². The monoisotopic (exact) mass is 350 g/mol. The maximum atomic E-state index is 5.85. The van der Waals surface area contributed by atoms with E-state index in [0.717, 1.165) is 54.0 Å². The zero-order valence-corrected chi connectivity index (χ0v) is 15.0. The van der Waals surface area contributed by atoms with Crippen LogP contribution in [-0.2, 0) is 6.54 Å². The van der Waals surface area contributed by atoms with Crippen molar-refractivity contribution in [2.45, 2.75) is 20.4 Å². The summed E-state index contributed by atoms with van der Waals surface area (Å²) < 4.78 is 5.85. The highest BCUT2D eigenvalue weighted by atomic mass is 16.5. The van der Waals surface area contributed by atoms with Crippen molar-refractivity contribution in [1.29, 1.82) is 0 Å². The number of imidazole rings is 1. The molecule has 2 aromatic heterocycles. The summed E-state index contributed by atoms with van der Waals surface area (Å²) in [6.07, 6.45) is 3.57. The largest absolute Gasteiger partial charge is 0.490 e. The molecule has 3 aromatic rings. The molecule has 1 N–H and O–H groups in total. The van der Waals surface area contributed by atoms with E-state index < -0.39 is 0 Å². The average Bonchev–Trinajstić information content (AvgIpc) is 3.17. The van der Waals surface area contributed by atoms with Gasteiger partial charge in [0.2, 0.25) is 0 Å². The lowest BCUT2D eigenvalue weighted by Gasteiger charge is -2.32. The molecule has 1 aromatic carbocycles. The first kappa shape index (κ1) is 16.4. The van der Waals surface area contributed by atoms with E-state index in [-0.39, 0.29) is 0 Å². The number of anilines is 3. The third kappa shape index (κ3) is 3.20. The first-order valence-corrected chi connectivity index (χ1v) is 8.81. The molecule has 0 atom stereocenters. The highest BCUT2D eigenvalue weighted by molar-refractivity contribution is 5.71. The fraction of sp³-hybridized carbons (Fsp3) is 0.316. The molecule has 4 rings (SSSR count). The van der Waals surface area contributed by atoms with Gasteiger partial charge in [0.1, 0.15) is 12.4 Å². The van der Waals surface area contributed by atoms with Crippen LogP contribution in [0.2, 0.25) is 0 Å². The minimum atomic E-state index is 0.682. The van der Waals surface area contributed by atoms with Gasteiger partial charge >= 0.3 is 0 Å². The van der Waals surface area contributed by atoms with Gasteiger partial charge in [-0.25, -0.2) is 4.98 Å². The molecule has 0 fully saturated rings. The standard InChI is InChI=1S/C19H22N6O/c1-3-25(19-7-4-14(2)22-23-19)16-5-6-18-17(10-16)24(8-9-26-18)12-15-11-20-13-21-15/h4-7,10-11,13H,3,8-9,12H2,1-2H3,(H,20,21). The van der Waals surface area contributed by atoms with Crippen LogP contribution in [0.1, 0.15) is 18.3 Å². The number of rotatable bonds is 5. The fourth-order valence-electron chi connectivity index (χ4n) is 3.18. The summed E-state index contributed by atoms with van der Waals surface area (Å²) in [4.78, 5) is 11.7. The van der Waals surface area contributed by atoms with Crippen molar-refractivity contribution in [2.24, 2.45) is 0 Å². The summed E-state index contributed by atoms with van der Waals surface area (Å²) in [5.74, 6) is 1.75. The third-order valence-electron chi connectivity index (χ3n) is 4.51. The van der Waals surface area contributed by atoms with E-state index in [9.17, 15) is 0 Å². The van der Waals surface area contributed by atoms with Gasteiger partial charge in [-0.3, -0.25) is 0 Å². The van der Waals surface area contributed by atoms with Gasteiger partial charge in [0, 0.05) is 18.4 Å². The van der Waals surface area contributed by atoms with E-state index in [0.29, 0.717) is 6.61 Å². The second-order valence-corrected chi connectivity index (χ2v) is 6.28. The summed E-state index contributed by atoms with van der Waals surface area (Å²) in [5, 5.41) is 8.52. The van der Waals surface area contributed by atoms with Crippen LogP contribution in [0.15, 0.2) is 42.9 Å². The Labute approximate surface area is 152 Å². The number of H-pyrrole nitrogens is 1. The van der Waals surface area contributed by atoms with Gasteiger partial charge in [-0.1, -0.05) is 0 Å². The van der Waals surface area contributed by atoms with Crippen molar-refractivity contribution < 1.29 is 4.74 Å². The lowest BCUT2D eigenvalue weighted by molar-refractivity contribution is 0.306. The lowest BCUT2D eigenvalue weighted by Crippen LogP contribution is -2.32. The van der Waals surface area contributed by atoms with Crippen LogP contribution in [0.25, 0.3) is 0 Å². The molecule has 0 spiro atoms. The zero-order chi connectivity index (χ0) is 17.9. The molecule has 0 bridgehead atoms. The number of nitrogens with zero attached hydrogens (tertiary/aromatic N) is 5. The number of aryl methyl sites for hydroxylation is 1. The second kappa shape index (κ2) is 7.03. The van der Waals surface area contributed by atoms with Crippen molar-refractivity contribution in [3.05, 3.63) is 54.2 Å². The maximum absolute atomic E-state index is 5.85. The van der Waals surface area contributed by atoms with Crippen LogP contribution in [0.4, 0.5) is 17.2 Å². The van der Waals surface area contributed by atoms with Crippen LogP contribution in [0.5, 0.6) is 5.75 Å².